The van der Waals surface area contributed by atoms with E-state index in [1.807, 2.05) is 69.3 Å². The highest BCUT2D eigenvalue weighted by Gasteiger charge is 2.25. The summed E-state index contributed by atoms with van der Waals surface area (Å²) in [4.78, 5) is 20.4. The number of fused-ring (bicyclic) bond motifs is 1. The van der Waals surface area contributed by atoms with E-state index in [0.717, 1.165) is 34.2 Å². The Morgan fingerprint density at radius 1 is 0.889 bits per heavy atom. The molecule has 0 bridgehead atoms. The molecule has 0 N–H and O–H groups in total. The number of benzene rings is 3. The van der Waals surface area contributed by atoms with Crippen molar-refractivity contribution in [1.29, 1.82) is 0 Å². The highest BCUT2D eigenvalue weighted by atomic mass is 32.2. The Hall–Kier alpha value is -3.07. The van der Waals surface area contributed by atoms with Crippen molar-refractivity contribution in [2.75, 3.05) is 18.0 Å². The van der Waals surface area contributed by atoms with E-state index in [-0.39, 0.29) is 10.8 Å². The van der Waals surface area contributed by atoms with Crippen LogP contribution >= 0.6 is 11.3 Å². The van der Waals surface area contributed by atoms with E-state index in [2.05, 4.69) is 0 Å². The molecule has 188 valence electrons. The maximum atomic E-state index is 13.7. The molecule has 0 aliphatic carbocycles. The number of thiazole rings is 1. The van der Waals surface area contributed by atoms with Crippen LogP contribution < -0.4 is 4.90 Å². The number of carbonyl (C=O) groups excluding carboxylic acids is 1. The van der Waals surface area contributed by atoms with Gasteiger partial charge in [-0.05, 0) is 61.2 Å². The van der Waals surface area contributed by atoms with Crippen molar-refractivity contribution in [3.05, 3.63) is 89.5 Å². The van der Waals surface area contributed by atoms with Crippen molar-refractivity contribution >= 4 is 42.6 Å². The molecule has 0 aliphatic rings. The third-order valence-corrected chi connectivity index (χ3v) is 8.91. The van der Waals surface area contributed by atoms with E-state index in [9.17, 15) is 13.2 Å². The first-order chi connectivity index (χ1) is 17.3. The van der Waals surface area contributed by atoms with Crippen molar-refractivity contribution in [1.82, 2.24) is 9.29 Å². The molecule has 0 spiro atoms. The van der Waals surface area contributed by atoms with E-state index in [0.29, 0.717) is 30.3 Å². The summed E-state index contributed by atoms with van der Waals surface area (Å²) in [5.41, 5.74) is 3.34. The summed E-state index contributed by atoms with van der Waals surface area (Å²) in [6.45, 7) is 7.24. The summed E-state index contributed by atoms with van der Waals surface area (Å²) in [6.07, 6.45) is 1.48. The smallest absolute Gasteiger partial charge is 0.260 e. The van der Waals surface area contributed by atoms with Gasteiger partial charge in [-0.3, -0.25) is 9.69 Å². The Labute approximate surface area is 217 Å². The quantitative estimate of drug-likeness (QED) is 0.247. The number of aryl methyl sites for hydroxylation is 1. The third kappa shape index (κ3) is 5.51. The zero-order valence-corrected chi connectivity index (χ0v) is 22.5. The van der Waals surface area contributed by atoms with Crippen LogP contribution in [0.2, 0.25) is 0 Å². The number of sulfonamides is 1. The second-order valence-corrected chi connectivity index (χ2v) is 11.7. The van der Waals surface area contributed by atoms with Crippen molar-refractivity contribution in [2.45, 2.75) is 45.1 Å². The minimum atomic E-state index is -3.61. The Morgan fingerprint density at radius 3 is 2.17 bits per heavy atom. The van der Waals surface area contributed by atoms with Gasteiger partial charge in [0, 0.05) is 18.7 Å². The van der Waals surface area contributed by atoms with Crippen molar-refractivity contribution in [3.8, 4) is 0 Å². The first kappa shape index (κ1) is 26.0. The molecule has 0 saturated heterocycles. The SMILES string of the molecule is CCCN(CCC)S(=O)(=O)c1ccc(C(=O)N(Cc2ccccc2)c2nc3c(C)cccc3s2)cc1. The monoisotopic (exact) mass is 521 g/mol. The zero-order valence-electron chi connectivity index (χ0n) is 20.8. The van der Waals surface area contributed by atoms with E-state index in [1.54, 1.807) is 17.0 Å². The normalized spacial score (nSPS) is 11.8. The summed E-state index contributed by atoms with van der Waals surface area (Å²) in [6, 6.07) is 22.0. The molecule has 0 atom stereocenters. The fourth-order valence-corrected chi connectivity index (χ4v) is 6.77. The molecule has 1 amide bonds. The van der Waals surface area contributed by atoms with Crippen molar-refractivity contribution in [3.63, 3.8) is 0 Å². The van der Waals surface area contributed by atoms with Gasteiger partial charge in [0.2, 0.25) is 10.0 Å². The van der Waals surface area contributed by atoms with E-state index in [1.165, 1.54) is 27.8 Å². The Morgan fingerprint density at radius 2 is 1.56 bits per heavy atom. The number of rotatable bonds is 10. The average molecular weight is 522 g/mol. The molecular weight excluding hydrogens is 490 g/mol. The second-order valence-electron chi connectivity index (χ2n) is 8.72. The van der Waals surface area contributed by atoms with Gasteiger partial charge in [-0.15, -0.1) is 0 Å². The van der Waals surface area contributed by atoms with Crippen LogP contribution in [0.4, 0.5) is 5.13 Å². The van der Waals surface area contributed by atoms with Crippen LogP contribution in [0, 0.1) is 6.92 Å². The predicted octanol–water partition coefficient (Wildman–Crippen LogP) is 6.26. The number of hydrogen-bond donors (Lipinski definition) is 0. The predicted molar refractivity (Wildman–Crippen MR) is 147 cm³/mol. The molecule has 0 fully saturated rings. The van der Waals surface area contributed by atoms with Gasteiger partial charge in [0.05, 0.1) is 21.7 Å². The lowest BCUT2D eigenvalue weighted by atomic mass is 10.1. The van der Waals surface area contributed by atoms with E-state index >= 15 is 0 Å². The molecule has 4 rings (SSSR count). The highest BCUT2D eigenvalue weighted by Crippen LogP contribution is 2.32. The number of aromatic nitrogens is 1. The minimum absolute atomic E-state index is 0.200. The lowest BCUT2D eigenvalue weighted by Gasteiger charge is -2.22. The Balaban J connectivity index is 1.68. The summed E-state index contributed by atoms with van der Waals surface area (Å²) in [7, 11) is -3.61. The molecule has 6 nitrogen and oxygen atoms in total. The lowest BCUT2D eigenvalue weighted by molar-refractivity contribution is 0.0985. The lowest BCUT2D eigenvalue weighted by Crippen LogP contribution is -2.33. The molecule has 36 heavy (non-hydrogen) atoms. The molecule has 1 heterocycles. The number of carbonyl (C=O) groups is 1. The van der Waals surface area contributed by atoms with Crippen LogP contribution in [-0.2, 0) is 16.6 Å². The maximum absolute atomic E-state index is 13.7. The first-order valence-corrected chi connectivity index (χ1v) is 14.4. The largest absolute Gasteiger partial charge is 0.279 e. The molecule has 3 aromatic carbocycles. The number of amides is 1. The Bertz CT molecular complexity index is 1430. The Kier molecular flexibility index (Phi) is 8.18. The van der Waals surface area contributed by atoms with Crippen molar-refractivity contribution in [2.24, 2.45) is 0 Å². The number of para-hydroxylation sites is 1. The van der Waals surface area contributed by atoms with E-state index in [4.69, 9.17) is 4.98 Å². The van der Waals surface area contributed by atoms with Crippen LogP contribution in [0.15, 0.2) is 77.7 Å². The van der Waals surface area contributed by atoms with E-state index < -0.39 is 10.0 Å². The third-order valence-electron chi connectivity index (χ3n) is 5.95. The molecular formula is C28H31N3O3S2. The van der Waals surface area contributed by atoms with Crippen LogP contribution in [0.1, 0.15) is 48.2 Å². The van der Waals surface area contributed by atoms with Crippen LogP contribution in [0.3, 0.4) is 0 Å². The minimum Gasteiger partial charge on any atom is -0.279 e. The number of hydrogen-bond acceptors (Lipinski definition) is 5. The second kappa shape index (κ2) is 11.3. The summed E-state index contributed by atoms with van der Waals surface area (Å²) in [5.74, 6) is -0.224. The fourth-order valence-electron chi connectivity index (χ4n) is 4.11. The molecule has 0 saturated carbocycles. The van der Waals surface area contributed by atoms with Gasteiger partial charge in [-0.25, -0.2) is 13.4 Å². The molecule has 1 aromatic heterocycles. The first-order valence-electron chi connectivity index (χ1n) is 12.2. The average Bonchev–Trinajstić information content (AvgIpc) is 3.33. The summed E-state index contributed by atoms with van der Waals surface area (Å²) in [5, 5.41) is 0.613. The fraction of sp³-hybridized carbons (Fsp3) is 0.286. The van der Waals surface area contributed by atoms with Crippen LogP contribution in [-0.4, -0.2) is 36.7 Å². The molecule has 0 unspecified atom stereocenters. The van der Waals surface area contributed by atoms with Crippen LogP contribution in [0.5, 0.6) is 0 Å². The van der Waals surface area contributed by atoms with Gasteiger partial charge >= 0.3 is 0 Å². The molecule has 0 aliphatic heterocycles. The zero-order chi connectivity index (χ0) is 25.7. The van der Waals surface area contributed by atoms with Gasteiger partial charge in [-0.2, -0.15) is 4.31 Å². The van der Waals surface area contributed by atoms with Gasteiger partial charge < -0.3 is 0 Å². The summed E-state index contributed by atoms with van der Waals surface area (Å²) >= 11 is 1.48. The maximum Gasteiger partial charge on any atom is 0.260 e. The molecule has 4 aromatic rings. The van der Waals surface area contributed by atoms with Crippen molar-refractivity contribution < 1.29 is 13.2 Å². The highest BCUT2D eigenvalue weighted by molar-refractivity contribution is 7.89. The molecule has 8 heteroatoms. The topological polar surface area (TPSA) is 70.6 Å². The van der Waals surface area contributed by atoms with Gasteiger partial charge in [0.25, 0.3) is 5.91 Å². The van der Waals surface area contributed by atoms with Gasteiger partial charge in [0.1, 0.15) is 0 Å². The van der Waals surface area contributed by atoms with Crippen LogP contribution in [0.25, 0.3) is 10.2 Å². The van der Waals surface area contributed by atoms with Gasteiger partial charge in [0.15, 0.2) is 5.13 Å². The number of nitrogens with zero attached hydrogens (tertiary/aromatic N) is 3. The number of anilines is 1. The standard InChI is InChI=1S/C28H31N3O3S2/c1-4-18-30(19-5-2)36(33,34)24-16-14-23(15-17-24)27(32)31(20-22-11-7-6-8-12-22)28-29-26-21(3)10-9-13-25(26)35-28/h6-17H,4-5,18-20H2,1-3H3. The summed E-state index contributed by atoms with van der Waals surface area (Å²) < 4.78 is 28.8. The van der Waals surface area contributed by atoms with Gasteiger partial charge in [-0.1, -0.05) is 67.6 Å². The molecule has 0 radical (unpaired) electrons.